The van der Waals surface area contributed by atoms with E-state index in [1.54, 1.807) is 12.1 Å². The van der Waals surface area contributed by atoms with Gasteiger partial charge in [0.15, 0.2) is 6.29 Å². The maximum absolute atomic E-state index is 13.0. The van der Waals surface area contributed by atoms with Gasteiger partial charge >= 0.3 is 0 Å². The molecule has 3 fully saturated rings. The van der Waals surface area contributed by atoms with Crippen LogP contribution in [0.25, 0.3) is 0 Å². The van der Waals surface area contributed by atoms with E-state index in [4.69, 9.17) is 9.47 Å². The third-order valence-corrected chi connectivity index (χ3v) is 7.62. The molecule has 4 rings (SSSR count). The maximum Gasteiger partial charge on any atom is 0.224 e. The van der Waals surface area contributed by atoms with Crippen LogP contribution < -0.4 is 5.32 Å². The minimum atomic E-state index is -0.306. The van der Waals surface area contributed by atoms with E-state index in [-0.39, 0.29) is 30.2 Å². The molecule has 2 aliphatic heterocycles. The quantitative estimate of drug-likeness (QED) is 0.734. The lowest BCUT2D eigenvalue weighted by molar-refractivity contribution is -0.277. The van der Waals surface area contributed by atoms with Gasteiger partial charge in [0, 0.05) is 18.0 Å². The molecule has 1 saturated carbocycles. The number of halogens is 1. The molecular weight excluding hydrogens is 369 g/mol. The van der Waals surface area contributed by atoms with E-state index in [0.717, 1.165) is 12.3 Å². The summed E-state index contributed by atoms with van der Waals surface area (Å²) in [5, 5.41) is 2.85. The molecule has 0 aromatic heterocycles. The Kier molecular flexibility index (Phi) is 6.26. The van der Waals surface area contributed by atoms with Gasteiger partial charge in [0.2, 0.25) is 5.91 Å². The van der Waals surface area contributed by atoms with Crippen molar-refractivity contribution in [2.75, 3.05) is 5.32 Å². The van der Waals surface area contributed by atoms with E-state index < -0.39 is 0 Å². The smallest absolute Gasteiger partial charge is 0.224 e. The first-order valence-corrected chi connectivity index (χ1v) is 11.3. The molecule has 1 aliphatic carbocycles. The first-order chi connectivity index (χ1) is 13.9. The van der Waals surface area contributed by atoms with Gasteiger partial charge in [-0.3, -0.25) is 4.79 Å². The fourth-order valence-electron chi connectivity index (χ4n) is 5.92. The highest BCUT2D eigenvalue weighted by molar-refractivity contribution is 5.90. The van der Waals surface area contributed by atoms with Crippen LogP contribution in [0, 0.1) is 35.4 Å². The first-order valence-electron chi connectivity index (χ1n) is 11.3. The third-order valence-electron chi connectivity index (χ3n) is 7.62. The number of anilines is 1. The topological polar surface area (TPSA) is 47.6 Å². The van der Waals surface area contributed by atoms with Crippen LogP contribution in [-0.4, -0.2) is 24.4 Å². The van der Waals surface area contributed by atoms with Gasteiger partial charge in [0.1, 0.15) is 5.82 Å². The molecule has 0 radical (unpaired) electrons. The molecule has 1 aromatic rings. The molecule has 0 spiro atoms. The summed E-state index contributed by atoms with van der Waals surface area (Å²) in [7, 11) is 0. The summed E-state index contributed by atoms with van der Waals surface area (Å²) < 4.78 is 25.9. The summed E-state index contributed by atoms with van der Waals surface area (Å²) in [6.07, 6.45) is 6.09. The zero-order chi connectivity index (χ0) is 20.5. The number of amides is 1. The van der Waals surface area contributed by atoms with Crippen LogP contribution >= 0.6 is 0 Å². The summed E-state index contributed by atoms with van der Waals surface area (Å²) in [6.45, 7) is 6.85. The van der Waals surface area contributed by atoms with E-state index in [0.29, 0.717) is 42.2 Å². The standard InChI is InChI=1S/C24H34FNO3/c1-14-4-10-20-16(3)21(29-24-23(20)19(14)11-5-15(2)28-24)12-13-22(27)26-18-8-6-17(25)7-9-18/h6-9,14-16,19-21,23-24H,4-5,10-13H2,1-3H3,(H,26,27)/t14-,15?,16?,19?,20+,21?,23?,24+/m1/s1. The van der Waals surface area contributed by atoms with Crippen molar-refractivity contribution in [3.05, 3.63) is 30.1 Å². The van der Waals surface area contributed by atoms with Crippen molar-refractivity contribution in [1.29, 1.82) is 0 Å². The van der Waals surface area contributed by atoms with Gasteiger partial charge in [0.25, 0.3) is 0 Å². The van der Waals surface area contributed by atoms with Gasteiger partial charge in [-0.25, -0.2) is 4.39 Å². The normalized spacial score (nSPS) is 39.3. The first kappa shape index (κ1) is 20.8. The molecule has 5 heteroatoms. The van der Waals surface area contributed by atoms with E-state index in [1.807, 2.05) is 0 Å². The van der Waals surface area contributed by atoms with Crippen molar-refractivity contribution in [3.8, 4) is 0 Å². The largest absolute Gasteiger partial charge is 0.349 e. The van der Waals surface area contributed by atoms with Crippen LogP contribution in [0.15, 0.2) is 24.3 Å². The Morgan fingerprint density at radius 1 is 1.03 bits per heavy atom. The SMILES string of the molecule is CC1CCC2C3[C@@H](O1)OC(CCC(=O)Nc1ccc(F)cc1)C(C)[C@@H]3CC[C@H]2C. The Morgan fingerprint density at radius 3 is 2.52 bits per heavy atom. The zero-order valence-electron chi connectivity index (χ0n) is 17.8. The lowest BCUT2D eigenvalue weighted by Gasteiger charge is -2.52. The van der Waals surface area contributed by atoms with Crippen LogP contribution in [0.4, 0.5) is 10.1 Å². The monoisotopic (exact) mass is 403 g/mol. The fraction of sp³-hybridized carbons (Fsp3) is 0.708. The molecule has 29 heavy (non-hydrogen) atoms. The number of ether oxygens (including phenoxy) is 2. The number of rotatable bonds is 4. The summed E-state index contributed by atoms with van der Waals surface area (Å²) in [6, 6.07) is 5.88. The average molecular weight is 404 g/mol. The molecule has 3 aliphatic rings. The van der Waals surface area contributed by atoms with Gasteiger partial charge in [-0.1, -0.05) is 20.3 Å². The fourth-order valence-corrected chi connectivity index (χ4v) is 5.92. The van der Waals surface area contributed by atoms with Gasteiger partial charge in [-0.2, -0.15) is 0 Å². The van der Waals surface area contributed by atoms with E-state index >= 15 is 0 Å². The minimum absolute atomic E-state index is 0.0413. The molecule has 1 aromatic carbocycles. The second kappa shape index (κ2) is 8.73. The van der Waals surface area contributed by atoms with Crippen molar-refractivity contribution < 1.29 is 18.7 Å². The number of benzene rings is 1. The molecule has 2 saturated heterocycles. The highest BCUT2D eigenvalue weighted by atomic mass is 19.1. The second-order valence-corrected chi connectivity index (χ2v) is 9.48. The van der Waals surface area contributed by atoms with Crippen molar-refractivity contribution in [3.63, 3.8) is 0 Å². The van der Waals surface area contributed by atoms with Crippen molar-refractivity contribution in [2.24, 2.45) is 29.6 Å². The molecule has 160 valence electrons. The van der Waals surface area contributed by atoms with Crippen molar-refractivity contribution >= 4 is 11.6 Å². The summed E-state index contributed by atoms with van der Waals surface area (Å²) >= 11 is 0. The lowest BCUT2D eigenvalue weighted by Crippen LogP contribution is -2.53. The van der Waals surface area contributed by atoms with E-state index in [1.165, 1.54) is 31.4 Å². The van der Waals surface area contributed by atoms with Gasteiger partial charge in [-0.15, -0.1) is 0 Å². The molecule has 8 atom stereocenters. The molecule has 4 nitrogen and oxygen atoms in total. The molecule has 1 N–H and O–H groups in total. The third kappa shape index (κ3) is 4.51. The van der Waals surface area contributed by atoms with E-state index in [9.17, 15) is 9.18 Å². The maximum atomic E-state index is 13.0. The summed E-state index contributed by atoms with van der Waals surface area (Å²) in [4.78, 5) is 12.4. The van der Waals surface area contributed by atoms with Gasteiger partial charge in [0.05, 0.1) is 12.2 Å². The summed E-state index contributed by atoms with van der Waals surface area (Å²) in [5.41, 5.74) is 0.624. The number of hydrogen-bond acceptors (Lipinski definition) is 3. The Bertz CT molecular complexity index is 709. The summed E-state index contributed by atoms with van der Waals surface area (Å²) in [5.74, 6) is 2.60. The van der Waals surface area contributed by atoms with Crippen molar-refractivity contribution in [2.45, 2.75) is 77.8 Å². The minimum Gasteiger partial charge on any atom is -0.349 e. The average Bonchev–Trinajstić information content (AvgIpc) is 2.86. The second-order valence-electron chi connectivity index (χ2n) is 9.48. The Morgan fingerprint density at radius 2 is 1.76 bits per heavy atom. The van der Waals surface area contributed by atoms with Gasteiger partial charge < -0.3 is 14.8 Å². The molecule has 2 heterocycles. The predicted molar refractivity (Wildman–Crippen MR) is 111 cm³/mol. The number of carbonyl (C=O) groups is 1. The number of hydrogen-bond donors (Lipinski definition) is 1. The van der Waals surface area contributed by atoms with E-state index in [2.05, 4.69) is 26.1 Å². The Hall–Kier alpha value is -1.46. The molecule has 5 unspecified atom stereocenters. The van der Waals surface area contributed by atoms with Gasteiger partial charge in [-0.05, 0) is 80.5 Å². The van der Waals surface area contributed by atoms with Crippen LogP contribution in [0.3, 0.4) is 0 Å². The van der Waals surface area contributed by atoms with Crippen molar-refractivity contribution in [1.82, 2.24) is 0 Å². The highest BCUT2D eigenvalue weighted by Gasteiger charge is 2.51. The van der Waals surface area contributed by atoms with Crippen LogP contribution in [-0.2, 0) is 14.3 Å². The molecule has 1 amide bonds. The lowest BCUT2D eigenvalue weighted by atomic mass is 9.60. The molecular formula is C24H34FNO3. The number of nitrogens with one attached hydrogen (secondary N) is 1. The van der Waals surface area contributed by atoms with Crippen LogP contribution in [0.2, 0.25) is 0 Å². The van der Waals surface area contributed by atoms with Crippen LogP contribution in [0.5, 0.6) is 0 Å². The highest BCUT2D eigenvalue weighted by Crippen LogP contribution is 2.52. The Balaban J connectivity index is 1.40. The zero-order valence-corrected chi connectivity index (χ0v) is 17.8. The Labute approximate surface area is 173 Å². The number of carbonyl (C=O) groups excluding carboxylic acids is 1. The van der Waals surface area contributed by atoms with Crippen LogP contribution in [0.1, 0.15) is 59.3 Å². The predicted octanol–water partition coefficient (Wildman–Crippen LogP) is 5.38. The molecule has 0 bridgehead atoms.